The Bertz CT molecular complexity index is 636. The van der Waals surface area contributed by atoms with Gasteiger partial charge >= 0.3 is 11.7 Å². The largest absolute Gasteiger partial charge is 0.418 e. The van der Waals surface area contributed by atoms with Gasteiger partial charge in [0, 0.05) is 6.07 Å². The second-order valence-corrected chi connectivity index (χ2v) is 5.76. The Balaban J connectivity index is 3.20. The van der Waals surface area contributed by atoms with Crippen molar-refractivity contribution >= 4 is 28.9 Å². The summed E-state index contributed by atoms with van der Waals surface area (Å²) in [6.07, 6.45) is 0.901. The number of carbonyl (C=O) groups is 1. The van der Waals surface area contributed by atoms with Crippen LogP contribution in [0.4, 0.5) is 11.4 Å². The Morgan fingerprint density at radius 3 is 2.35 bits per heavy atom. The monoisotopic (exact) mass is 344 g/mol. The number of non-ortho nitro benzene ring substituents is 1. The maximum atomic E-state index is 12.3. The summed E-state index contributed by atoms with van der Waals surface area (Å²) in [5.41, 5.74) is -1.13. The molecule has 1 aromatic rings. The predicted octanol–water partition coefficient (Wildman–Crippen LogP) is 3.84. The van der Waals surface area contributed by atoms with Crippen LogP contribution in [0.1, 0.15) is 33.6 Å². The first-order chi connectivity index (χ1) is 10.7. The van der Waals surface area contributed by atoms with Crippen molar-refractivity contribution in [1.82, 2.24) is 0 Å². The second-order valence-electron chi connectivity index (χ2n) is 5.08. The molecular formula is C14H17ClN2O6. The summed E-state index contributed by atoms with van der Waals surface area (Å²) < 4.78 is 5.09. The molecule has 0 aliphatic rings. The normalized spacial score (nSPS) is 14.6. The molecule has 0 aliphatic heterocycles. The van der Waals surface area contributed by atoms with Gasteiger partial charge in [-0.25, -0.2) is 4.79 Å². The quantitative estimate of drug-likeness (QED) is 0.244. The molecule has 0 spiro atoms. The highest BCUT2D eigenvalue weighted by atomic mass is 35.5. The van der Waals surface area contributed by atoms with E-state index >= 15 is 0 Å². The number of hydrogen-bond donors (Lipinski definition) is 0. The van der Waals surface area contributed by atoms with E-state index in [4.69, 9.17) is 16.3 Å². The minimum atomic E-state index is -1.32. The van der Waals surface area contributed by atoms with E-state index in [0.717, 1.165) is 18.2 Å². The number of esters is 1. The van der Waals surface area contributed by atoms with E-state index in [1.807, 2.05) is 6.92 Å². The predicted molar refractivity (Wildman–Crippen MR) is 83.7 cm³/mol. The van der Waals surface area contributed by atoms with Gasteiger partial charge in [0.1, 0.15) is 4.87 Å². The first kappa shape index (κ1) is 18.8. The Labute approximate surface area is 137 Å². The van der Waals surface area contributed by atoms with Crippen molar-refractivity contribution in [2.45, 2.75) is 38.5 Å². The topological polar surface area (TPSA) is 113 Å². The van der Waals surface area contributed by atoms with Crippen LogP contribution in [0.15, 0.2) is 18.2 Å². The van der Waals surface area contributed by atoms with E-state index in [0.29, 0.717) is 6.42 Å². The molecule has 2 unspecified atom stereocenters. The molecule has 1 rings (SSSR count). The van der Waals surface area contributed by atoms with Crippen LogP contribution >= 0.6 is 11.6 Å². The van der Waals surface area contributed by atoms with Gasteiger partial charge in [0.05, 0.1) is 15.9 Å². The number of nitro groups is 2. The minimum Gasteiger partial charge on any atom is -0.418 e. The zero-order valence-electron chi connectivity index (χ0n) is 12.9. The van der Waals surface area contributed by atoms with Crippen molar-refractivity contribution < 1.29 is 19.4 Å². The molecular weight excluding hydrogens is 328 g/mol. The van der Waals surface area contributed by atoms with Crippen LogP contribution in [0, 0.1) is 26.1 Å². The van der Waals surface area contributed by atoms with E-state index in [1.165, 1.54) is 0 Å². The molecule has 2 atom stereocenters. The standard InChI is InChI=1S/C14H17ClN2O6/c1-4-9(3)14(15,5-2)13(18)23-12-7-6-10(16(19)20)8-11(12)17(21)22/h6-9H,4-5H2,1-3H3. The maximum absolute atomic E-state index is 12.3. The van der Waals surface area contributed by atoms with Crippen molar-refractivity contribution in [3.63, 3.8) is 0 Å². The highest BCUT2D eigenvalue weighted by Crippen LogP contribution is 2.36. The molecule has 0 amide bonds. The summed E-state index contributed by atoms with van der Waals surface area (Å²) in [5.74, 6) is -1.39. The first-order valence-corrected chi connectivity index (χ1v) is 7.39. The molecule has 0 heterocycles. The molecule has 0 aromatic heterocycles. The number of ether oxygens (including phenoxy) is 1. The summed E-state index contributed by atoms with van der Waals surface area (Å²) in [7, 11) is 0. The number of benzene rings is 1. The van der Waals surface area contributed by atoms with Crippen molar-refractivity contribution in [1.29, 1.82) is 0 Å². The third-order valence-electron chi connectivity index (χ3n) is 3.80. The van der Waals surface area contributed by atoms with Crippen molar-refractivity contribution in [3.05, 3.63) is 38.4 Å². The van der Waals surface area contributed by atoms with Gasteiger partial charge < -0.3 is 4.74 Å². The van der Waals surface area contributed by atoms with Crippen LogP contribution in [-0.4, -0.2) is 20.7 Å². The molecule has 23 heavy (non-hydrogen) atoms. The van der Waals surface area contributed by atoms with E-state index in [9.17, 15) is 25.0 Å². The number of carbonyl (C=O) groups excluding carboxylic acids is 1. The van der Waals surface area contributed by atoms with E-state index in [-0.39, 0.29) is 18.1 Å². The van der Waals surface area contributed by atoms with Crippen LogP contribution < -0.4 is 4.74 Å². The molecule has 8 nitrogen and oxygen atoms in total. The number of alkyl halides is 1. The number of nitrogens with zero attached hydrogens (tertiary/aromatic N) is 2. The van der Waals surface area contributed by atoms with Gasteiger partial charge in [-0.15, -0.1) is 11.6 Å². The third-order valence-corrected chi connectivity index (χ3v) is 4.59. The molecule has 0 aliphatic carbocycles. The second kappa shape index (κ2) is 7.36. The van der Waals surface area contributed by atoms with Gasteiger partial charge in [-0.1, -0.05) is 27.2 Å². The van der Waals surface area contributed by atoms with E-state index in [2.05, 4.69) is 0 Å². The number of halogens is 1. The molecule has 0 saturated heterocycles. The van der Waals surface area contributed by atoms with Gasteiger partial charge in [0.25, 0.3) is 5.69 Å². The third kappa shape index (κ3) is 3.95. The number of hydrogen-bond acceptors (Lipinski definition) is 6. The summed E-state index contributed by atoms with van der Waals surface area (Å²) in [5, 5.41) is 21.7. The van der Waals surface area contributed by atoms with E-state index in [1.54, 1.807) is 13.8 Å². The summed E-state index contributed by atoms with van der Waals surface area (Å²) in [4.78, 5) is 31.2. The minimum absolute atomic E-state index is 0.209. The van der Waals surface area contributed by atoms with Crippen molar-refractivity contribution in [2.24, 2.45) is 5.92 Å². The smallest absolute Gasteiger partial charge is 0.333 e. The van der Waals surface area contributed by atoms with Gasteiger partial charge in [0.15, 0.2) is 0 Å². The molecule has 1 aromatic carbocycles. The van der Waals surface area contributed by atoms with Gasteiger partial charge in [-0.05, 0) is 18.4 Å². The Hall–Kier alpha value is -2.22. The fourth-order valence-electron chi connectivity index (χ4n) is 2.05. The molecule has 0 fully saturated rings. The lowest BCUT2D eigenvalue weighted by Crippen LogP contribution is -2.41. The zero-order valence-corrected chi connectivity index (χ0v) is 13.7. The Kier molecular flexibility index (Phi) is 6.03. The van der Waals surface area contributed by atoms with Gasteiger partial charge in [0.2, 0.25) is 5.75 Å². The average Bonchev–Trinajstić information content (AvgIpc) is 2.52. The summed E-state index contributed by atoms with van der Waals surface area (Å²) >= 11 is 6.34. The van der Waals surface area contributed by atoms with Crippen LogP contribution in [0.25, 0.3) is 0 Å². The molecule has 0 N–H and O–H groups in total. The fourth-order valence-corrected chi connectivity index (χ4v) is 2.24. The lowest BCUT2D eigenvalue weighted by Gasteiger charge is -2.28. The molecule has 9 heteroatoms. The van der Waals surface area contributed by atoms with Crippen LogP contribution in [0.3, 0.4) is 0 Å². The zero-order chi connectivity index (χ0) is 17.8. The van der Waals surface area contributed by atoms with Gasteiger partial charge in [-0.2, -0.15) is 0 Å². The van der Waals surface area contributed by atoms with Crippen molar-refractivity contribution in [2.75, 3.05) is 0 Å². The molecule has 126 valence electrons. The van der Waals surface area contributed by atoms with Crippen LogP contribution in [0.2, 0.25) is 0 Å². The molecule has 0 bridgehead atoms. The van der Waals surface area contributed by atoms with Crippen LogP contribution in [0.5, 0.6) is 5.75 Å². The lowest BCUT2D eigenvalue weighted by atomic mass is 9.88. The highest BCUT2D eigenvalue weighted by Gasteiger charge is 2.42. The fraction of sp³-hybridized carbons (Fsp3) is 0.500. The Morgan fingerprint density at radius 1 is 1.30 bits per heavy atom. The average molecular weight is 345 g/mol. The Morgan fingerprint density at radius 2 is 1.91 bits per heavy atom. The van der Waals surface area contributed by atoms with Gasteiger partial charge in [-0.3, -0.25) is 20.2 Å². The lowest BCUT2D eigenvalue weighted by molar-refractivity contribution is -0.394. The van der Waals surface area contributed by atoms with Crippen molar-refractivity contribution in [3.8, 4) is 5.75 Å². The first-order valence-electron chi connectivity index (χ1n) is 7.01. The summed E-state index contributed by atoms with van der Waals surface area (Å²) in [6.45, 7) is 5.35. The summed E-state index contributed by atoms with van der Waals surface area (Å²) in [6, 6.07) is 2.80. The maximum Gasteiger partial charge on any atom is 0.333 e. The SMILES string of the molecule is CCC(C)C(Cl)(CC)C(=O)Oc1ccc([N+](=O)[O-])cc1[N+](=O)[O-]. The number of rotatable bonds is 7. The molecule has 0 radical (unpaired) electrons. The van der Waals surface area contributed by atoms with E-state index < -0.39 is 32.1 Å². The van der Waals surface area contributed by atoms with Crippen LogP contribution in [-0.2, 0) is 4.79 Å². The molecule has 0 saturated carbocycles. The number of nitro benzene ring substituents is 2. The highest BCUT2D eigenvalue weighted by molar-refractivity contribution is 6.34.